The highest BCUT2D eigenvalue weighted by Gasteiger charge is 2.20. The van der Waals surface area contributed by atoms with Crippen molar-refractivity contribution in [2.24, 2.45) is 0 Å². The molecule has 0 aliphatic rings. The molecule has 0 aliphatic heterocycles. The summed E-state index contributed by atoms with van der Waals surface area (Å²) in [6, 6.07) is 7.62. The van der Waals surface area contributed by atoms with E-state index in [2.05, 4.69) is 30.7 Å². The van der Waals surface area contributed by atoms with E-state index < -0.39 is 0 Å². The van der Waals surface area contributed by atoms with Gasteiger partial charge in [-0.2, -0.15) is 27.2 Å². The second kappa shape index (κ2) is 6.61. The van der Waals surface area contributed by atoms with Crippen LogP contribution in [0.15, 0.2) is 30.5 Å². The summed E-state index contributed by atoms with van der Waals surface area (Å²) in [5.41, 5.74) is 2.12. The summed E-state index contributed by atoms with van der Waals surface area (Å²) >= 11 is 1.73. The molecular weight excluding hydrogens is 300 g/mol. The molecule has 2 aromatic heterocycles. The highest BCUT2D eigenvalue weighted by Crippen LogP contribution is 2.20. The van der Waals surface area contributed by atoms with Gasteiger partial charge in [-0.15, -0.1) is 0 Å². The molecular formula is C14H16N6OS. The van der Waals surface area contributed by atoms with Crippen molar-refractivity contribution in [2.75, 3.05) is 12.0 Å². The van der Waals surface area contributed by atoms with Crippen molar-refractivity contribution >= 4 is 28.7 Å². The Morgan fingerprint density at radius 2 is 2.27 bits per heavy atom. The number of hydrogen-bond donors (Lipinski definition) is 3. The number of nitrogens with zero attached hydrogens (tertiary/aromatic N) is 3. The quantitative estimate of drug-likeness (QED) is 0.645. The van der Waals surface area contributed by atoms with E-state index in [0.29, 0.717) is 0 Å². The van der Waals surface area contributed by atoms with Gasteiger partial charge < -0.3 is 10.3 Å². The number of nitrogens with one attached hydrogen (secondary N) is 3. The topological polar surface area (TPSA) is 99.3 Å². The number of para-hydroxylation sites is 2. The van der Waals surface area contributed by atoms with Crippen LogP contribution in [0.2, 0.25) is 0 Å². The fourth-order valence-electron chi connectivity index (χ4n) is 2.19. The zero-order valence-corrected chi connectivity index (χ0v) is 12.9. The molecule has 1 atom stereocenters. The van der Waals surface area contributed by atoms with Crippen molar-refractivity contribution in [2.45, 2.75) is 12.5 Å². The molecule has 0 radical (unpaired) electrons. The molecule has 0 saturated heterocycles. The lowest BCUT2D eigenvalue weighted by Gasteiger charge is -2.15. The number of amides is 1. The van der Waals surface area contributed by atoms with Crippen molar-refractivity contribution in [3.63, 3.8) is 0 Å². The van der Waals surface area contributed by atoms with Gasteiger partial charge in [0.15, 0.2) is 5.69 Å². The van der Waals surface area contributed by atoms with Crippen LogP contribution in [0.3, 0.4) is 0 Å². The minimum absolute atomic E-state index is 0.191. The Morgan fingerprint density at radius 1 is 1.41 bits per heavy atom. The number of H-pyrrole nitrogens is 2. The number of carbonyl (C=O) groups excluding carboxylic acids is 1. The molecule has 0 spiro atoms. The first-order valence-electron chi connectivity index (χ1n) is 6.88. The van der Waals surface area contributed by atoms with E-state index in [4.69, 9.17) is 0 Å². The Morgan fingerprint density at radius 3 is 3.00 bits per heavy atom. The van der Waals surface area contributed by atoms with Gasteiger partial charge >= 0.3 is 0 Å². The highest BCUT2D eigenvalue weighted by molar-refractivity contribution is 7.98. The van der Waals surface area contributed by atoms with Gasteiger partial charge in [-0.3, -0.25) is 4.79 Å². The van der Waals surface area contributed by atoms with E-state index in [9.17, 15) is 4.79 Å². The van der Waals surface area contributed by atoms with Crippen LogP contribution in [-0.2, 0) is 0 Å². The fraction of sp³-hybridized carbons (Fsp3) is 0.286. The summed E-state index contributed by atoms with van der Waals surface area (Å²) in [7, 11) is 0. The van der Waals surface area contributed by atoms with Gasteiger partial charge in [-0.1, -0.05) is 12.1 Å². The molecule has 1 unspecified atom stereocenters. The fourth-order valence-corrected chi connectivity index (χ4v) is 2.67. The smallest absolute Gasteiger partial charge is 0.274 e. The van der Waals surface area contributed by atoms with Crippen LogP contribution in [0.25, 0.3) is 11.0 Å². The molecule has 3 N–H and O–H groups in total. The SMILES string of the molecule is CSCCC(NC(=O)c1cn[nH]n1)c1nc2ccccc2[nH]1. The van der Waals surface area contributed by atoms with Gasteiger partial charge in [0.1, 0.15) is 5.82 Å². The largest absolute Gasteiger partial charge is 0.341 e. The Kier molecular flexibility index (Phi) is 4.38. The lowest BCUT2D eigenvalue weighted by molar-refractivity contribution is 0.0929. The third-order valence-electron chi connectivity index (χ3n) is 3.30. The maximum Gasteiger partial charge on any atom is 0.274 e. The number of hydrogen-bond acceptors (Lipinski definition) is 5. The number of imidazole rings is 1. The highest BCUT2D eigenvalue weighted by atomic mass is 32.2. The molecule has 3 aromatic rings. The molecule has 2 heterocycles. The standard InChI is InChI=1S/C14H16N6OS/c1-22-7-6-11(18-14(21)12-8-15-20-19-12)13-16-9-4-2-3-5-10(9)17-13/h2-5,8,11H,6-7H2,1H3,(H,16,17)(H,18,21)(H,15,19,20). The number of carbonyl (C=O) groups is 1. The molecule has 8 heteroatoms. The second-order valence-corrected chi connectivity index (χ2v) is 5.79. The second-order valence-electron chi connectivity index (χ2n) is 4.80. The van der Waals surface area contributed by atoms with Gasteiger partial charge in [0.25, 0.3) is 5.91 Å². The van der Waals surface area contributed by atoms with Crippen LogP contribution in [0.4, 0.5) is 0 Å². The van der Waals surface area contributed by atoms with Crippen LogP contribution in [0.1, 0.15) is 28.8 Å². The molecule has 1 amide bonds. The van der Waals surface area contributed by atoms with Crippen molar-refractivity contribution in [3.8, 4) is 0 Å². The van der Waals surface area contributed by atoms with Crippen LogP contribution in [-0.4, -0.2) is 43.3 Å². The van der Waals surface area contributed by atoms with E-state index in [1.54, 1.807) is 11.8 Å². The van der Waals surface area contributed by atoms with Gasteiger partial charge in [0.2, 0.25) is 0 Å². The summed E-state index contributed by atoms with van der Waals surface area (Å²) < 4.78 is 0. The lowest BCUT2D eigenvalue weighted by Crippen LogP contribution is -2.30. The molecule has 3 rings (SSSR count). The number of aromatic nitrogens is 5. The first-order chi connectivity index (χ1) is 10.8. The number of thioether (sulfide) groups is 1. The molecule has 7 nitrogen and oxygen atoms in total. The Balaban J connectivity index is 1.83. The van der Waals surface area contributed by atoms with Crippen LogP contribution in [0.5, 0.6) is 0 Å². The summed E-state index contributed by atoms with van der Waals surface area (Å²) in [5.74, 6) is 1.41. The van der Waals surface area contributed by atoms with Crippen molar-refractivity contribution in [1.29, 1.82) is 0 Å². The predicted molar refractivity (Wildman–Crippen MR) is 85.7 cm³/mol. The van der Waals surface area contributed by atoms with E-state index in [1.165, 1.54) is 6.20 Å². The third kappa shape index (κ3) is 3.11. The summed E-state index contributed by atoms with van der Waals surface area (Å²) in [4.78, 5) is 20.0. The summed E-state index contributed by atoms with van der Waals surface area (Å²) in [6.45, 7) is 0. The van der Waals surface area contributed by atoms with Gasteiger partial charge in [-0.25, -0.2) is 4.98 Å². The van der Waals surface area contributed by atoms with Gasteiger partial charge in [0.05, 0.1) is 23.3 Å². The van der Waals surface area contributed by atoms with Crippen LogP contribution < -0.4 is 5.32 Å². The normalized spacial score (nSPS) is 12.4. The molecule has 0 bridgehead atoms. The van der Waals surface area contributed by atoms with E-state index in [-0.39, 0.29) is 17.6 Å². The third-order valence-corrected chi connectivity index (χ3v) is 3.95. The van der Waals surface area contributed by atoms with Crippen molar-refractivity contribution in [3.05, 3.63) is 42.0 Å². The number of aromatic amines is 2. The Labute approximate surface area is 131 Å². The average molecular weight is 316 g/mol. The van der Waals surface area contributed by atoms with Crippen molar-refractivity contribution in [1.82, 2.24) is 30.7 Å². The van der Waals surface area contributed by atoms with E-state index >= 15 is 0 Å². The number of rotatable bonds is 6. The van der Waals surface area contributed by atoms with Crippen LogP contribution in [0, 0.1) is 0 Å². The summed E-state index contributed by atoms with van der Waals surface area (Å²) in [6.07, 6.45) is 4.22. The molecule has 22 heavy (non-hydrogen) atoms. The summed E-state index contributed by atoms with van der Waals surface area (Å²) in [5, 5.41) is 12.9. The monoisotopic (exact) mass is 316 g/mol. The molecule has 1 aromatic carbocycles. The number of fused-ring (bicyclic) bond motifs is 1. The average Bonchev–Trinajstić information content (AvgIpc) is 3.19. The van der Waals surface area contributed by atoms with E-state index in [1.807, 2.05) is 30.5 Å². The molecule has 0 fully saturated rings. The number of benzene rings is 1. The van der Waals surface area contributed by atoms with Gasteiger partial charge in [0, 0.05) is 0 Å². The lowest BCUT2D eigenvalue weighted by atomic mass is 10.2. The van der Waals surface area contributed by atoms with Crippen molar-refractivity contribution < 1.29 is 4.79 Å². The Bertz CT molecular complexity index is 721. The first-order valence-corrected chi connectivity index (χ1v) is 8.27. The zero-order chi connectivity index (χ0) is 15.4. The maximum atomic E-state index is 12.2. The minimum Gasteiger partial charge on any atom is -0.341 e. The first kappa shape index (κ1) is 14.6. The maximum absolute atomic E-state index is 12.2. The molecule has 0 aliphatic carbocycles. The minimum atomic E-state index is -0.264. The van der Waals surface area contributed by atoms with Crippen LogP contribution >= 0.6 is 11.8 Å². The Hall–Kier alpha value is -2.35. The zero-order valence-electron chi connectivity index (χ0n) is 12.0. The molecule has 0 saturated carbocycles. The van der Waals surface area contributed by atoms with Gasteiger partial charge in [-0.05, 0) is 30.6 Å². The van der Waals surface area contributed by atoms with E-state index in [0.717, 1.165) is 29.0 Å². The predicted octanol–water partition coefficient (Wildman–Crippen LogP) is 1.91. The molecule has 114 valence electrons.